The molecule has 0 spiro atoms. The van der Waals surface area contributed by atoms with Crippen molar-refractivity contribution in [3.63, 3.8) is 0 Å². The second kappa shape index (κ2) is 7.40. The SMILES string of the molecule is CC(C)(C)OC(=O)CNC(=O)NS(=O)(=O)c1cnn(CCF)c1. The first-order valence-corrected chi connectivity index (χ1v) is 8.13. The first-order valence-electron chi connectivity index (χ1n) is 6.64. The minimum atomic E-state index is -4.16. The summed E-state index contributed by atoms with van der Waals surface area (Å²) in [5.41, 5.74) is -0.716. The Morgan fingerprint density at radius 2 is 2.04 bits per heavy atom. The van der Waals surface area contributed by atoms with E-state index in [1.165, 1.54) is 0 Å². The maximum absolute atomic E-state index is 12.2. The van der Waals surface area contributed by atoms with E-state index in [4.69, 9.17) is 4.74 Å². The van der Waals surface area contributed by atoms with E-state index in [-0.39, 0.29) is 11.4 Å². The van der Waals surface area contributed by atoms with Crippen LogP contribution in [0, 0.1) is 0 Å². The Morgan fingerprint density at radius 1 is 1.39 bits per heavy atom. The number of ether oxygens (including phenoxy) is 1. The van der Waals surface area contributed by atoms with Crippen molar-refractivity contribution in [2.24, 2.45) is 0 Å². The molecule has 0 saturated carbocycles. The number of esters is 1. The summed E-state index contributed by atoms with van der Waals surface area (Å²) in [6.45, 7) is 3.69. The molecule has 1 rings (SSSR count). The number of hydrogen-bond donors (Lipinski definition) is 2. The van der Waals surface area contributed by atoms with E-state index in [0.29, 0.717) is 0 Å². The molecule has 0 radical (unpaired) electrons. The first kappa shape index (κ1) is 18.9. The third-order valence-corrected chi connectivity index (χ3v) is 3.56. The van der Waals surface area contributed by atoms with Gasteiger partial charge in [0.1, 0.15) is 23.7 Å². The predicted octanol–water partition coefficient (Wildman–Crippen LogP) is 0.182. The van der Waals surface area contributed by atoms with Crippen LogP contribution in [0.3, 0.4) is 0 Å². The van der Waals surface area contributed by atoms with Crippen LogP contribution in [0.2, 0.25) is 0 Å². The second-order valence-corrected chi connectivity index (χ2v) is 7.19. The molecular weight excluding hydrogens is 331 g/mol. The van der Waals surface area contributed by atoms with E-state index in [1.54, 1.807) is 25.5 Å². The summed E-state index contributed by atoms with van der Waals surface area (Å²) in [7, 11) is -4.16. The molecule has 0 aromatic carbocycles. The van der Waals surface area contributed by atoms with Crippen LogP contribution in [0.25, 0.3) is 0 Å². The van der Waals surface area contributed by atoms with Gasteiger partial charge >= 0.3 is 12.0 Å². The van der Waals surface area contributed by atoms with Gasteiger partial charge in [-0.15, -0.1) is 0 Å². The van der Waals surface area contributed by atoms with Crippen LogP contribution in [0.4, 0.5) is 9.18 Å². The highest BCUT2D eigenvalue weighted by Crippen LogP contribution is 2.07. The average molecular weight is 350 g/mol. The Kier molecular flexibility index (Phi) is 6.07. The van der Waals surface area contributed by atoms with Gasteiger partial charge in [-0.05, 0) is 20.8 Å². The van der Waals surface area contributed by atoms with Crippen LogP contribution in [-0.4, -0.2) is 49.0 Å². The summed E-state index contributed by atoms with van der Waals surface area (Å²) in [5.74, 6) is -0.708. The van der Waals surface area contributed by atoms with Gasteiger partial charge in [0.05, 0.1) is 12.7 Å². The second-order valence-electron chi connectivity index (χ2n) is 5.50. The predicted molar refractivity (Wildman–Crippen MR) is 77.8 cm³/mol. The molecule has 2 N–H and O–H groups in total. The topological polar surface area (TPSA) is 119 Å². The van der Waals surface area contributed by atoms with Crippen molar-refractivity contribution >= 4 is 22.0 Å². The first-order chi connectivity index (χ1) is 10.5. The number of sulfonamides is 1. The fraction of sp³-hybridized carbons (Fsp3) is 0.583. The Balaban J connectivity index is 2.56. The lowest BCUT2D eigenvalue weighted by Crippen LogP contribution is -2.42. The molecule has 0 atom stereocenters. The van der Waals surface area contributed by atoms with Gasteiger partial charge in [0.2, 0.25) is 0 Å². The molecule has 0 aliphatic heterocycles. The van der Waals surface area contributed by atoms with E-state index in [9.17, 15) is 22.4 Å². The highest BCUT2D eigenvalue weighted by molar-refractivity contribution is 7.90. The molecular formula is C12H19FN4O5S. The van der Waals surface area contributed by atoms with Gasteiger partial charge < -0.3 is 10.1 Å². The third-order valence-electron chi connectivity index (χ3n) is 2.27. The van der Waals surface area contributed by atoms with Crippen LogP contribution in [0.15, 0.2) is 17.3 Å². The van der Waals surface area contributed by atoms with Crippen molar-refractivity contribution in [2.45, 2.75) is 37.8 Å². The van der Waals surface area contributed by atoms with Crippen LogP contribution in [-0.2, 0) is 26.1 Å². The van der Waals surface area contributed by atoms with Crippen molar-refractivity contribution in [3.05, 3.63) is 12.4 Å². The quantitative estimate of drug-likeness (QED) is 0.707. The van der Waals surface area contributed by atoms with Crippen molar-refractivity contribution in [3.8, 4) is 0 Å². The number of nitrogens with one attached hydrogen (secondary N) is 2. The number of hydrogen-bond acceptors (Lipinski definition) is 6. The molecule has 0 aliphatic rings. The Bertz CT molecular complexity index is 665. The zero-order chi connectivity index (χ0) is 17.7. The van der Waals surface area contributed by atoms with Crippen LogP contribution in [0.5, 0.6) is 0 Å². The van der Waals surface area contributed by atoms with E-state index >= 15 is 0 Å². The van der Waals surface area contributed by atoms with Crippen molar-refractivity contribution in [1.82, 2.24) is 19.8 Å². The van der Waals surface area contributed by atoms with Crippen molar-refractivity contribution < 1.29 is 27.1 Å². The molecule has 23 heavy (non-hydrogen) atoms. The summed E-state index contributed by atoms with van der Waals surface area (Å²) in [6.07, 6.45) is 2.07. The van der Waals surface area contributed by atoms with Crippen LogP contribution in [0.1, 0.15) is 20.8 Å². The lowest BCUT2D eigenvalue weighted by molar-refractivity contribution is -0.153. The van der Waals surface area contributed by atoms with Crippen molar-refractivity contribution in [2.75, 3.05) is 13.2 Å². The van der Waals surface area contributed by atoms with E-state index in [1.807, 2.05) is 0 Å². The maximum atomic E-state index is 12.2. The third kappa shape index (κ3) is 6.63. The lowest BCUT2D eigenvalue weighted by atomic mass is 10.2. The molecule has 0 saturated heterocycles. The van der Waals surface area contributed by atoms with Gasteiger partial charge in [0, 0.05) is 6.20 Å². The summed E-state index contributed by atoms with van der Waals surface area (Å²) < 4.78 is 43.7. The molecule has 2 amide bonds. The largest absolute Gasteiger partial charge is 0.459 e. The number of carbonyl (C=O) groups is 2. The molecule has 130 valence electrons. The number of alkyl halides is 1. The number of aromatic nitrogens is 2. The smallest absolute Gasteiger partial charge is 0.329 e. The maximum Gasteiger partial charge on any atom is 0.329 e. The Morgan fingerprint density at radius 3 is 2.61 bits per heavy atom. The number of aryl methyl sites for hydroxylation is 1. The van der Waals surface area contributed by atoms with E-state index in [0.717, 1.165) is 17.1 Å². The monoisotopic (exact) mass is 350 g/mol. The Hall–Kier alpha value is -2.17. The van der Waals surface area contributed by atoms with Crippen molar-refractivity contribution in [1.29, 1.82) is 0 Å². The molecule has 1 aromatic rings. The fourth-order valence-corrected chi connectivity index (χ4v) is 2.32. The molecule has 9 nitrogen and oxygen atoms in total. The summed E-state index contributed by atoms with van der Waals surface area (Å²) in [4.78, 5) is 22.7. The summed E-state index contributed by atoms with van der Waals surface area (Å²) in [6, 6.07) is -1.09. The summed E-state index contributed by atoms with van der Waals surface area (Å²) in [5, 5.41) is 5.72. The summed E-state index contributed by atoms with van der Waals surface area (Å²) >= 11 is 0. The number of halogens is 1. The zero-order valence-corrected chi connectivity index (χ0v) is 13.8. The average Bonchev–Trinajstić information content (AvgIpc) is 2.84. The van der Waals surface area contributed by atoms with Gasteiger partial charge in [-0.2, -0.15) is 5.10 Å². The van der Waals surface area contributed by atoms with Gasteiger partial charge in [-0.3, -0.25) is 9.48 Å². The number of carbonyl (C=O) groups excluding carboxylic acids is 2. The number of rotatable bonds is 6. The highest BCUT2D eigenvalue weighted by atomic mass is 32.2. The molecule has 0 bridgehead atoms. The molecule has 1 aromatic heterocycles. The minimum Gasteiger partial charge on any atom is -0.459 e. The number of nitrogens with zero attached hydrogens (tertiary/aromatic N) is 2. The molecule has 1 heterocycles. The minimum absolute atomic E-state index is 0.0969. The van der Waals surface area contributed by atoms with Gasteiger partial charge in [-0.1, -0.05) is 0 Å². The number of urea groups is 1. The normalized spacial score (nSPS) is 11.8. The molecule has 11 heteroatoms. The van der Waals surface area contributed by atoms with Crippen LogP contribution >= 0.6 is 0 Å². The highest BCUT2D eigenvalue weighted by Gasteiger charge is 2.21. The van der Waals surface area contributed by atoms with Gasteiger partial charge in [0.25, 0.3) is 10.0 Å². The fourth-order valence-electron chi connectivity index (χ4n) is 1.44. The molecule has 0 unspecified atom stereocenters. The van der Waals surface area contributed by atoms with Gasteiger partial charge in [0.15, 0.2) is 0 Å². The Labute approximate surface area is 133 Å². The van der Waals surface area contributed by atoms with E-state index in [2.05, 4.69) is 10.4 Å². The van der Waals surface area contributed by atoms with E-state index < -0.39 is 40.8 Å². The molecule has 0 aliphatic carbocycles. The molecule has 0 fully saturated rings. The number of amides is 2. The lowest BCUT2D eigenvalue weighted by Gasteiger charge is -2.19. The standard InChI is InChI=1S/C12H19FN4O5S/c1-12(2,3)22-10(18)7-14-11(19)16-23(20,21)9-6-15-17(8-9)5-4-13/h6,8H,4-5,7H2,1-3H3,(H2,14,16,19). The van der Waals surface area contributed by atoms with Gasteiger partial charge in [-0.25, -0.2) is 22.3 Å². The zero-order valence-electron chi connectivity index (χ0n) is 13.0. The van der Waals surface area contributed by atoms with Crippen LogP contribution < -0.4 is 10.0 Å².